The van der Waals surface area contributed by atoms with Gasteiger partial charge in [0.25, 0.3) is 5.69 Å². The molecule has 2 aliphatic carbocycles. The summed E-state index contributed by atoms with van der Waals surface area (Å²) in [7, 11) is 0. The van der Waals surface area contributed by atoms with Crippen LogP contribution in [0.5, 0.6) is 0 Å². The molecule has 1 fully saturated rings. The highest BCUT2D eigenvalue weighted by molar-refractivity contribution is 6.06. The maximum atomic E-state index is 10.8. The van der Waals surface area contributed by atoms with Crippen molar-refractivity contribution < 1.29 is 4.92 Å². The van der Waals surface area contributed by atoms with Crippen LogP contribution in [-0.4, -0.2) is 21.8 Å². The van der Waals surface area contributed by atoms with Gasteiger partial charge in [-0.25, -0.2) is 0 Å². The minimum Gasteiger partial charge on any atom is -0.353 e. The van der Waals surface area contributed by atoms with Gasteiger partial charge in [-0.3, -0.25) is 10.1 Å². The second kappa shape index (κ2) is 8.46. The van der Waals surface area contributed by atoms with Gasteiger partial charge in [0.15, 0.2) is 0 Å². The molecule has 2 aliphatic rings. The molecule has 0 aliphatic heterocycles. The number of nitro benzene ring substituents is 1. The lowest BCUT2D eigenvalue weighted by Gasteiger charge is -2.22. The molecular formula is C25H26N4O2. The second-order valence-electron chi connectivity index (χ2n) is 8.61. The SMILES string of the molecule is O=[N+]([O-])c1ccc(/C=N/N=C2\CCCc3c2[nH]c2ccc(C4CCCCC4)cc32)cc1. The fraction of sp³-hybridized carbons (Fsp3) is 0.360. The average molecular weight is 415 g/mol. The van der Waals surface area contributed by atoms with Gasteiger partial charge in [0.2, 0.25) is 0 Å². The monoisotopic (exact) mass is 414 g/mol. The number of H-pyrrole nitrogens is 1. The first kappa shape index (κ1) is 19.7. The van der Waals surface area contributed by atoms with Crippen molar-refractivity contribution >= 4 is 28.5 Å². The number of nitro groups is 1. The number of hydrogen-bond donors (Lipinski definition) is 1. The van der Waals surface area contributed by atoms with Crippen molar-refractivity contribution in [2.45, 2.75) is 57.3 Å². The van der Waals surface area contributed by atoms with Gasteiger partial charge < -0.3 is 4.98 Å². The minimum atomic E-state index is -0.402. The lowest BCUT2D eigenvalue weighted by atomic mass is 9.83. The summed E-state index contributed by atoms with van der Waals surface area (Å²) in [5, 5.41) is 20.9. The van der Waals surface area contributed by atoms with E-state index >= 15 is 0 Å². The Hall–Kier alpha value is -3.28. The molecule has 2 aromatic carbocycles. The van der Waals surface area contributed by atoms with Crippen molar-refractivity contribution in [3.8, 4) is 0 Å². The Morgan fingerprint density at radius 2 is 1.81 bits per heavy atom. The maximum Gasteiger partial charge on any atom is 0.269 e. The van der Waals surface area contributed by atoms with Gasteiger partial charge in [-0.15, -0.1) is 0 Å². The van der Waals surface area contributed by atoms with Gasteiger partial charge in [-0.1, -0.05) is 25.3 Å². The van der Waals surface area contributed by atoms with E-state index in [0.29, 0.717) is 5.92 Å². The van der Waals surface area contributed by atoms with Crippen molar-refractivity contribution in [2.24, 2.45) is 10.2 Å². The first-order valence-corrected chi connectivity index (χ1v) is 11.2. The Bertz CT molecular complexity index is 1170. The molecule has 0 amide bonds. The smallest absolute Gasteiger partial charge is 0.269 e. The van der Waals surface area contributed by atoms with Gasteiger partial charge in [0.1, 0.15) is 0 Å². The Balaban J connectivity index is 1.41. The molecule has 6 heteroatoms. The van der Waals surface area contributed by atoms with Gasteiger partial charge in [0.05, 0.1) is 22.5 Å². The molecule has 1 saturated carbocycles. The lowest BCUT2D eigenvalue weighted by molar-refractivity contribution is -0.384. The number of hydrogen-bond acceptors (Lipinski definition) is 4. The van der Waals surface area contributed by atoms with Crippen molar-refractivity contribution in [1.29, 1.82) is 0 Å². The zero-order valence-corrected chi connectivity index (χ0v) is 17.5. The topological polar surface area (TPSA) is 83.7 Å². The van der Waals surface area contributed by atoms with E-state index in [1.54, 1.807) is 18.3 Å². The highest BCUT2D eigenvalue weighted by Gasteiger charge is 2.22. The van der Waals surface area contributed by atoms with Gasteiger partial charge in [-0.2, -0.15) is 10.2 Å². The van der Waals surface area contributed by atoms with Crippen LogP contribution in [-0.2, 0) is 6.42 Å². The van der Waals surface area contributed by atoms with Crippen LogP contribution in [0.4, 0.5) is 5.69 Å². The van der Waals surface area contributed by atoms with E-state index in [1.165, 1.54) is 66.3 Å². The fourth-order valence-electron chi connectivity index (χ4n) is 4.97. The van der Waals surface area contributed by atoms with E-state index in [2.05, 4.69) is 33.4 Å². The molecule has 0 unspecified atom stereocenters. The van der Waals surface area contributed by atoms with E-state index in [1.807, 2.05) is 0 Å². The molecule has 0 bridgehead atoms. The molecule has 1 aromatic heterocycles. The zero-order chi connectivity index (χ0) is 21.2. The fourth-order valence-corrected chi connectivity index (χ4v) is 4.97. The van der Waals surface area contributed by atoms with E-state index in [9.17, 15) is 10.1 Å². The average Bonchev–Trinajstić information content (AvgIpc) is 3.19. The summed E-state index contributed by atoms with van der Waals surface area (Å²) in [5.74, 6) is 0.701. The Labute approximate surface area is 181 Å². The highest BCUT2D eigenvalue weighted by Crippen LogP contribution is 2.36. The number of benzene rings is 2. The molecule has 0 spiro atoms. The normalized spacial score (nSPS) is 18.6. The predicted molar refractivity (Wildman–Crippen MR) is 124 cm³/mol. The third-order valence-corrected chi connectivity index (χ3v) is 6.62. The Morgan fingerprint density at radius 1 is 1.00 bits per heavy atom. The number of aryl methyl sites for hydroxylation is 1. The number of aromatic nitrogens is 1. The molecular weight excluding hydrogens is 388 g/mol. The summed E-state index contributed by atoms with van der Waals surface area (Å²) >= 11 is 0. The molecule has 31 heavy (non-hydrogen) atoms. The Kier molecular flexibility index (Phi) is 5.37. The van der Waals surface area contributed by atoms with Crippen LogP contribution in [0.25, 0.3) is 10.9 Å². The van der Waals surface area contributed by atoms with Crippen LogP contribution >= 0.6 is 0 Å². The van der Waals surface area contributed by atoms with Crippen LogP contribution in [0.3, 0.4) is 0 Å². The van der Waals surface area contributed by atoms with Gasteiger partial charge in [-0.05, 0) is 79.0 Å². The number of fused-ring (bicyclic) bond motifs is 3. The summed E-state index contributed by atoms with van der Waals surface area (Å²) in [6, 6.07) is 13.3. The maximum absolute atomic E-state index is 10.8. The second-order valence-corrected chi connectivity index (χ2v) is 8.61. The van der Waals surface area contributed by atoms with Gasteiger partial charge in [0, 0.05) is 23.0 Å². The third-order valence-electron chi connectivity index (χ3n) is 6.62. The molecule has 0 atom stereocenters. The van der Waals surface area contributed by atoms with Crippen LogP contribution < -0.4 is 0 Å². The number of aromatic amines is 1. The van der Waals surface area contributed by atoms with E-state index in [0.717, 1.165) is 36.2 Å². The molecule has 3 aromatic rings. The molecule has 1 N–H and O–H groups in total. The largest absolute Gasteiger partial charge is 0.353 e. The van der Waals surface area contributed by atoms with Crippen molar-refractivity contribution in [1.82, 2.24) is 4.98 Å². The minimum absolute atomic E-state index is 0.0751. The summed E-state index contributed by atoms with van der Waals surface area (Å²) in [6.45, 7) is 0. The quantitative estimate of drug-likeness (QED) is 0.309. The van der Waals surface area contributed by atoms with E-state index < -0.39 is 4.92 Å². The zero-order valence-electron chi connectivity index (χ0n) is 17.5. The number of non-ortho nitro benzene ring substituents is 1. The molecule has 0 radical (unpaired) electrons. The number of nitrogens with zero attached hydrogens (tertiary/aromatic N) is 3. The third kappa shape index (κ3) is 4.02. The van der Waals surface area contributed by atoms with E-state index in [-0.39, 0.29) is 5.69 Å². The van der Waals surface area contributed by atoms with Crippen LogP contribution in [0.1, 0.15) is 73.2 Å². The van der Waals surface area contributed by atoms with Gasteiger partial charge >= 0.3 is 0 Å². The first-order valence-electron chi connectivity index (χ1n) is 11.2. The van der Waals surface area contributed by atoms with Crippen molar-refractivity contribution in [2.75, 3.05) is 0 Å². The van der Waals surface area contributed by atoms with Crippen LogP contribution in [0.2, 0.25) is 0 Å². The molecule has 158 valence electrons. The number of rotatable bonds is 4. The molecule has 5 rings (SSSR count). The van der Waals surface area contributed by atoms with Crippen LogP contribution in [0, 0.1) is 10.1 Å². The molecule has 0 saturated heterocycles. The van der Waals surface area contributed by atoms with Crippen LogP contribution in [0.15, 0.2) is 52.7 Å². The summed E-state index contributed by atoms with van der Waals surface area (Å²) in [5.41, 5.74) is 6.99. The Morgan fingerprint density at radius 3 is 2.58 bits per heavy atom. The predicted octanol–water partition coefficient (Wildman–Crippen LogP) is 6.28. The standard InChI is InChI=1S/C25H26N4O2/c30-29(31)20-12-9-17(10-13-20)16-26-28-24-8-4-7-21-22-15-19(18-5-2-1-3-6-18)11-14-23(22)27-25(21)24/h9-16,18,27H,1-8H2/b26-16+,28-24+. The van der Waals surface area contributed by atoms with Crippen molar-refractivity contribution in [3.63, 3.8) is 0 Å². The lowest BCUT2D eigenvalue weighted by Crippen LogP contribution is -2.11. The molecule has 1 heterocycles. The molecule has 6 nitrogen and oxygen atoms in total. The summed E-state index contributed by atoms with van der Waals surface area (Å²) < 4.78 is 0. The van der Waals surface area contributed by atoms with Crippen molar-refractivity contribution in [3.05, 3.63) is 75.0 Å². The summed E-state index contributed by atoms with van der Waals surface area (Å²) in [6.07, 6.45) is 11.4. The highest BCUT2D eigenvalue weighted by atomic mass is 16.6. The summed E-state index contributed by atoms with van der Waals surface area (Å²) in [4.78, 5) is 14.0. The van der Waals surface area contributed by atoms with E-state index in [4.69, 9.17) is 0 Å². The first-order chi connectivity index (χ1) is 15.2. The number of nitrogens with one attached hydrogen (secondary N) is 1.